The Morgan fingerprint density at radius 3 is 2.43 bits per heavy atom. The second-order valence-corrected chi connectivity index (χ2v) is 8.02. The Balaban J connectivity index is 1.27. The summed E-state index contributed by atoms with van der Waals surface area (Å²) in [7, 11) is 1.63. The molecule has 1 aliphatic heterocycles. The van der Waals surface area contributed by atoms with Gasteiger partial charge in [-0.1, -0.05) is 54.6 Å². The van der Waals surface area contributed by atoms with Crippen molar-refractivity contribution in [3.05, 3.63) is 114 Å². The third-order valence-corrected chi connectivity index (χ3v) is 5.74. The van der Waals surface area contributed by atoms with Crippen molar-refractivity contribution in [2.75, 3.05) is 13.9 Å². The molecule has 0 aromatic heterocycles. The van der Waals surface area contributed by atoms with Gasteiger partial charge in [-0.05, 0) is 65.2 Å². The van der Waals surface area contributed by atoms with Crippen LogP contribution >= 0.6 is 0 Å². The monoisotopic (exact) mass is 464 g/mol. The van der Waals surface area contributed by atoms with Crippen molar-refractivity contribution in [3.8, 4) is 34.1 Å². The summed E-state index contributed by atoms with van der Waals surface area (Å²) in [6.07, 6.45) is 3.33. The third-order valence-electron chi connectivity index (χ3n) is 5.74. The number of benzene rings is 4. The quantitative estimate of drug-likeness (QED) is 0.218. The highest BCUT2D eigenvalue weighted by molar-refractivity contribution is 6.07. The van der Waals surface area contributed by atoms with Crippen LogP contribution in [0.15, 0.2) is 97.1 Å². The molecule has 0 spiro atoms. The summed E-state index contributed by atoms with van der Waals surface area (Å²) >= 11 is 0. The van der Waals surface area contributed by atoms with Crippen molar-refractivity contribution in [2.45, 2.75) is 6.61 Å². The lowest BCUT2D eigenvalue weighted by Gasteiger charge is -2.12. The normalized spacial score (nSPS) is 12.0. The largest absolute Gasteiger partial charge is 0.496 e. The van der Waals surface area contributed by atoms with Crippen molar-refractivity contribution in [1.29, 1.82) is 0 Å². The fraction of sp³-hybridized carbons (Fsp3) is 0.100. The van der Waals surface area contributed by atoms with E-state index in [1.54, 1.807) is 37.5 Å². The number of allylic oxidation sites excluding steroid dienone is 1. The van der Waals surface area contributed by atoms with Crippen molar-refractivity contribution in [2.24, 2.45) is 0 Å². The molecule has 0 saturated carbocycles. The molecule has 0 bridgehead atoms. The third kappa shape index (κ3) is 5.20. The Morgan fingerprint density at radius 2 is 1.63 bits per heavy atom. The second-order valence-electron chi connectivity index (χ2n) is 8.02. The molecule has 0 aliphatic carbocycles. The second kappa shape index (κ2) is 10.2. The molecule has 0 amide bonds. The van der Waals surface area contributed by atoms with E-state index in [4.69, 9.17) is 18.9 Å². The summed E-state index contributed by atoms with van der Waals surface area (Å²) in [6.45, 7) is 0.516. The minimum absolute atomic E-state index is 0.115. The number of hydrogen-bond acceptors (Lipinski definition) is 5. The van der Waals surface area contributed by atoms with E-state index in [0.29, 0.717) is 23.7 Å². The number of rotatable bonds is 8. The van der Waals surface area contributed by atoms with Crippen molar-refractivity contribution in [1.82, 2.24) is 0 Å². The smallest absolute Gasteiger partial charge is 0.231 e. The molecule has 0 unspecified atom stereocenters. The van der Waals surface area contributed by atoms with Crippen LogP contribution < -0.4 is 18.9 Å². The lowest BCUT2D eigenvalue weighted by atomic mass is 10.1. The molecular formula is C30H24O5. The molecule has 1 heterocycles. The number of carbonyl (C=O) groups is 1. The number of fused-ring (bicyclic) bond motifs is 1. The van der Waals surface area contributed by atoms with Crippen LogP contribution in [-0.4, -0.2) is 19.7 Å². The zero-order chi connectivity index (χ0) is 24.0. The summed E-state index contributed by atoms with van der Waals surface area (Å²) in [4.78, 5) is 12.6. The SMILES string of the molecule is COc1ccc(/C=C/C(=O)c2ccc3c(c2)OCO3)cc1COc1ccc(-c2ccccc2)cc1. The Hall–Kier alpha value is -4.51. The van der Waals surface area contributed by atoms with Crippen LogP contribution in [0.4, 0.5) is 0 Å². The van der Waals surface area contributed by atoms with Crippen LogP contribution in [-0.2, 0) is 6.61 Å². The van der Waals surface area contributed by atoms with Crippen molar-refractivity contribution in [3.63, 3.8) is 0 Å². The molecule has 5 nitrogen and oxygen atoms in total. The number of hydrogen-bond donors (Lipinski definition) is 0. The van der Waals surface area contributed by atoms with Gasteiger partial charge in [-0.3, -0.25) is 4.79 Å². The minimum atomic E-state index is -0.115. The van der Waals surface area contributed by atoms with Crippen LogP contribution in [0.1, 0.15) is 21.5 Å². The molecule has 35 heavy (non-hydrogen) atoms. The first kappa shape index (κ1) is 22.3. The van der Waals surface area contributed by atoms with Crippen LogP contribution in [0, 0.1) is 0 Å². The predicted molar refractivity (Wildman–Crippen MR) is 135 cm³/mol. The van der Waals surface area contributed by atoms with Crippen molar-refractivity contribution < 1.29 is 23.7 Å². The summed E-state index contributed by atoms with van der Waals surface area (Å²) in [5, 5.41) is 0. The first-order chi connectivity index (χ1) is 17.2. The molecule has 0 fully saturated rings. The van der Waals surface area contributed by atoms with Gasteiger partial charge in [-0.25, -0.2) is 0 Å². The Morgan fingerprint density at radius 1 is 0.857 bits per heavy atom. The molecule has 4 aromatic carbocycles. The van der Waals surface area contributed by atoms with E-state index in [2.05, 4.69) is 12.1 Å². The molecular weight excluding hydrogens is 440 g/mol. The molecule has 0 atom stereocenters. The molecule has 5 rings (SSSR count). The number of ketones is 1. The number of methoxy groups -OCH3 is 1. The van der Waals surface area contributed by atoms with Crippen LogP contribution in [0.25, 0.3) is 17.2 Å². The topological polar surface area (TPSA) is 54.0 Å². The van der Waals surface area contributed by atoms with E-state index in [1.165, 1.54) is 0 Å². The van der Waals surface area contributed by atoms with Gasteiger partial charge in [0.15, 0.2) is 17.3 Å². The van der Waals surface area contributed by atoms with E-state index in [-0.39, 0.29) is 12.6 Å². The van der Waals surface area contributed by atoms with Gasteiger partial charge in [0.05, 0.1) is 7.11 Å². The van der Waals surface area contributed by atoms with Crippen molar-refractivity contribution >= 4 is 11.9 Å². The fourth-order valence-electron chi connectivity index (χ4n) is 3.87. The summed E-state index contributed by atoms with van der Waals surface area (Å²) in [5.41, 5.74) is 4.60. The highest BCUT2D eigenvalue weighted by atomic mass is 16.7. The Bertz CT molecular complexity index is 1360. The molecule has 5 heteroatoms. The molecule has 1 aliphatic rings. The van der Waals surface area contributed by atoms with Gasteiger partial charge in [0.2, 0.25) is 6.79 Å². The minimum Gasteiger partial charge on any atom is -0.496 e. The summed E-state index contributed by atoms with van der Waals surface area (Å²) in [5.74, 6) is 2.62. The fourth-order valence-corrected chi connectivity index (χ4v) is 3.87. The lowest BCUT2D eigenvalue weighted by Crippen LogP contribution is -1.99. The Kier molecular flexibility index (Phi) is 6.48. The van der Waals surface area contributed by atoms with Crippen LogP contribution in [0.2, 0.25) is 0 Å². The predicted octanol–water partition coefficient (Wildman–Crippen LogP) is 6.57. The standard InChI is InChI=1S/C30H24O5/c1-32-28-15-8-21(7-14-27(31)24-11-16-29-30(18-24)35-20-34-29)17-25(28)19-33-26-12-9-23(10-13-26)22-5-3-2-4-6-22/h2-18H,19-20H2,1H3/b14-7+. The molecule has 174 valence electrons. The van der Waals surface area contributed by atoms with Gasteiger partial charge in [-0.15, -0.1) is 0 Å². The maximum Gasteiger partial charge on any atom is 0.231 e. The molecule has 0 saturated heterocycles. The van der Waals surface area contributed by atoms with E-state index in [9.17, 15) is 4.79 Å². The zero-order valence-corrected chi connectivity index (χ0v) is 19.3. The van der Waals surface area contributed by atoms with E-state index >= 15 is 0 Å². The summed E-state index contributed by atoms with van der Waals surface area (Å²) < 4.78 is 22.2. The first-order valence-electron chi connectivity index (χ1n) is 11.3. The number of ether oxygens (including phenoxy) is 4. The molecule has 0 radical (unpaired) electrons. The van der Waals surface area contributed by atoms with Gasteiger partial charge in [0.25, 0.3) is 0 Å². The first-order valence-corrected chi connectivity index (χ1v) is 11.3. The van der Waals surface area contributed by atoms with Crippen LogP contribution in [0.3, 0.4) is 0 Å². The maximum atomic E-state index is 12.6. The van der Waals surface area contributed by atoms with E-state index in [1.807, 2.05) is 60.7 Å². The maximum absolute atomic E-state index is 12.6. The summed E-state index contributed by atoms with van der Waals surface area (Å²) in [6, 6.07) is 29.1. The Labute approximate surface area is 204 Å². The van der Waals surface area contributed by atoms with E-state index < -0.39 is 0 Å². The average Bonchev–Trinajstić information content (AvgIpc) is 3.39. The van der Waals surface area contributed by atoms with Gasteiger partial charge < -0.3 is 18.9 Å². The average molecular weight is 465 g/mol. The molecule has 4 aromatic rings. The van der Waals surface area contributed by atoms with Crippen LogP contribution in [0.5, 0.6) is 23.0 Å². The van der Waals surface area contributed by atoms with Gasteiger partial charge in [-0.2, -0.15) is 0 Å². The highest BCUT2D eigenvalue weighted by Crippen LogP contribution is 2.33. The van der Waals surface area contributed by atoms with Gasteiger partial charge in [0, 0.05) is 11.1 Å². The van der Waals surface area contributed by atoms with Gasteiger partial charge in [0.1, 0.15) is 18.1 Å². The zero-order valence-electron chi connectivity index (χ0n) is 19.3. The number of carbonyl (C=O) groups excluding carboxylic acids is 1. The van der Waals surface area contributed by atoms with Gasteiger partial charge >= 0.3 is 0 Å². The van der Waals surface area contributed by atoms with E-state index in [0.717, 1.165) is 33.8 Å². The lowest BCUT2D eigenvalue weighted by molar-refractivity contribution is 0.104. The highest BCUT2D eigenvalue weighted by Gasteiger charge is 2.15. The molecule has 0 N–H and O–H groups in total.